The van der Waals surface area contributed by atoms with Gasteiger partial charge in [0.15, 0.2) is 0 Å². The highest BCUT2D eigenvalue weighted by atomic mass is 35.5. The van der Waals surface area contributed by atoms with Crippen LogP contribution in [-0.2, 0) is 29.0 Å². The molecule has 9 nitrogen and oxygen atoms in total. The number of nitrogens with one attached hydrogen (secondary N) is 3. The summed E-state index contributed by atoms with van der Waals surface area (Å²) in [6.07, 6.45) is 0.927. The quantitative estimate of drug-likeness (QED) is 0.304. The molecule has 5 N–H and O–H groups in total. The largest absolute Gasteiger partial charge is 0.367 e. The molecule has 2 atom stereocenters. The zero-order valence-corrected chi connectivity index (χ0v) is 24.3. The molecule has 3 aromatic carbocycles. The number of para-hydroxylation sites is 1. The van der Waals surface area contributed by atoms with E-state index >= 15 is 0 Å². The second-order valence-electron chi connectivity index (χ2n) is 10.7. The molecule has 1 fully saturated rings. The number of amides is 3. The molecule has 0 radical (unpaired) electrons. The lowest BCUT2D eigenvalue weighted by molar-refractivity contribution is -0.137. The molecule has 1 saturated heterocycles. The van der Waals surface area contributed by atoms with E-state index in [4.69, 9.17) is 17.3 Å². The number of hydrogen-bond acceptors (Lipinski definition) is 6. The van der Waals surface area contributed by atoms with Crippen LogP contribution in [0.5, 0.6) is 0 Å². The van der Waals surface area contributed by atoms with Crippen LogP contribution >= 0.6 is 11.6 Å². The van der Waals surface area contributed by atoms with E-state index in [9.17, 15) is 14.4 Å². The molecule has 0 spiro atoms. The fraction of sp³-hybridized carbons (Fsp3) is 0.344. The average molecular weight is 589 g/mol. The molecule has 2 aliphatic heterocycles. The molecular formula is C32H37ClN6O3. The Morgan fingerprint density at radius 3 is 2.36 bits per heavy atom. The summed E-state index contributed by atoms with van der Waals surface area (Å²) in [6.45, 7) is 3.45. The number of nitrogens with two attached hydrogens (primary N) is 1. The van der Waals surface area contributed by atoms with Crippen LogP contribution in [0.4, 0.5) is 5.69 Å². The van der Waals surface area contributed by atoms with E-state index in [0.717, 1.165) is 16.8 Å². The number of carbonyl (C=O) groups is 3. The number of fused-ring (bicyclic) bond motifs is 1. The Kier molecular flexibility index (Phi) is 9.74. The van der Waals surface area contributed by atoms with Crippen LogP contribution < -0.4 is 26.6 Å². The summed E-state index contributed by atoms with van der Waals surface area (Å²) in [4.78, 5) is 44.0. The highest BCUT2D eigenvalue weighted by molar-refractivity contribution is 6.30. The Hall–Kier alpha value is -3.92. The Labute approximate surface area is 251 Å². The molecule has 2 heterocycles. The van der Waals surface area contributed by atoms with Gasteiger partial charge in [-0.2, -0.15) is 0 Å². The van der Waals surface area contributed by atoms with Gasteiger partial charge in [-0.05, 0) is 47.4 Å². The zero-order valence-electron chi connectivity index (χ0n) is 23.5. The maximum absolute atomic E-state index is 13.9. The van der Waals surface area contributed by atoms with Crippen LogP contribution in [0, 0.1) is 0 Å². The van der Waals surface area contributed by atoms with Crippen molar-refractivity contribution in [3.8, 4) is 0 Å². The Balaban J connectivity index is 1.27. The Morgan fingerprint density at radius 1 is 0.929 bits per heavy atom. The highest BCUT2D eigenvalue weighted by Crippen LogP contribution is 2.23. The van der Waals surface area contributed by atoms with Gasteiger partial charge in [0.1, 0.15) is 6.04 Å². The summed E-state index contributed by atoms with van der Waals surface area (Å²) in [5.74, 6) is -0.477. The Morgan fingerprint density at radius 2 is 1.62 bits per heavy atom. The van der Waals surface area contributed by atoms with Gasteiger partial charge in [0, 0.05) is 62.9 Å². The highest BCUT2D eigenvalue weighted by Gasteiger charge is 2.32. The molecule has 3 aromatic rings. The second kappa shape index (κ2) is 13.8. The van der Waals surface area contributed by atoms with Crippen LogP contribution in [0.1, 0.15) is 27.0 Å². The molecule has 5 rings (SSSR count). The minimum Gasteiger partial charge on any atom is -0.367 e. The van der Waals surface area contributed by atoms with Crippen LogP contribution in [0.25, 0.3) is 0 Å². The minimum atomic E-state index is -0.724. The predicted molar refractivity (Wildman–Crippen MR) is 164 cm³/mol. The number of anilines is 1. The number of hydrogen-bond donors (Lipinski definition) is 4. The van der Waals surface area contributed by atoms with Gasteiger partial charge in [-0.15, -0.1) is 0 Å². The fourth-order valence-electron chi connectivity index (χ4n) is 5.58. The summed E-state index contributed by atoms with van der Waals surface area (Å²) in [5.41, 5.74) is 10.2. The van der Waals surface area contributed by atoms with Crippen molar-refractivity contribution in [1.82, 2.24) is 20.9 Å². The maximum atomic E-state index is 13.9. The lowest BCUT2D eigenvalue weighted by Crippen LogP contribution is -2.58. The predicted octanol–water partition coefficient (Wildman–Crippen LogP) is 2.12. The first kappa shape index (κ1) is 29.6. The topological polar surface area (TPSA) is 120 Å². The Bertz CT molecular complexity index is 1410. The van der Waals surface area contributed by atoms with Crippen LogP contribution in [0.15, 0.2) is 72.8 Å². The molecule has 42 heavy (non-hydrogen) atoms. The molecule has 10 heteroatoms. The summed E-state index contributed by atoms with van der Waals surface area (Å²) in [7, 11) is 0. The van der Waals surface area contributed by atoms with Crippen molar-refractivity contribution in [1.29, 1.82) is 0 Å². The van der Waals surface area contributed by atoms with E-state index in [-0.39, 0.29) is 17.7 Å². The van der Waals surface area contributed by atoms with Gasteiger partial charge >= 0.3 is 0 Å². The van der Waals surface area contributed by atoms with Gasteiger partial charge in [0.2, 0.25) is 11.8 Å². The van der Waals surface area contributed by atoms with Crippen molar-refractivity contribution in [3.05, 3.63) is 100 Å². The molecule has 2 unspecified atom stereocenters. The molecule has 0 bridgehead atoms. The monoisotopic (exact) mass is 588 g/mol. The van der Waals surface area contributed by atoms with Crippen LogP contribution in [-0.4, -0.2) is 74.0 Å². The third-order valence-corrected chi connectivity index (χ3v) is 8.13. The molecule has 0 saturated carbocycles. The number of halogens is 1. The summed E-state index contributed by atoms with van der Waals surface area (Å²) in [5, 5.41) is 9.84. The molecule has 0 aliphatic carbocycles. The second-order valence-corrected chi connectivity index (χ2v) is 11.1. The number of benzene rings is 3. The van der Waals surface area contributed by atoms with Crippen LogP contribution in [0.3, 0.4) is 0 Å². The SMILES string of the molecule is NCCNC(=O)c1ccccc1N1CCN(C(=O)C(Cc2ccc(Cl)cc2)NC(=O)C2Cc3ccccc3CN2)CC1. The summed E-state index contributed by atoms with van der Waals surface area (Å²) >= 11 is 6.09. The first-order valence-corrected chi connectivity index (χ1v) is 14.8. The van der Waals surface area contributed by atoms with Gasteiger partial charge < -0.3 is 31.5 Å². The summed E-state index contributed by atoms with van der Waals surface area (Å²) in [6, 6.07) is 21.8. The first-order valence-electron chi connectivity index (χ1n) is 14.4. The maximum Gasteiger partial charge on any atom is 0.253 e. The molecule has 3 amide bonds. The number of rotatable bonds is 9. The molecule has 220 valence electrons. The van der Waals surface area contributed by atoms with Gasteiger partial charge in [0.25, 0.3) is 5.91 Å². The van der Waals surface area contributed by atoms with E-state index < -0.39 is 12.1 Å². The fourth-order valence-corrected chi connectivity index (χ4v) is 5.70. The zero-order chi connectivity index (χ0) is 29.5. The van der Waals surface area contributed by atoms with Crippen molar-refractivity contribution in [3.63, 3.8) is 0 Å². The lowest BCUT2D eigenvalue weighted by Gasteiger charge is -2.38. The molecular weight excluding hydrogens is 552 g/mol. The van der Waals surface area contributed by atoms with Gasteiger partial charge in [0.05, 0.1) is 11.6 Å². The standard InChI is InChI=1S/C32H37ClN6O3/c33-25-11-9-22(10-12-25)19-28(37-31(41)27-20-23-5-1-2-6-24(23)21-36-27)32(42)39-17-15-38(16-18-39)29-8-4-3-7-26(29)30(40)35-14-13-34/h1-12,27-28,36H,13-21,34H2,(H,35,40)(H,37,41). The van der Waals surface area contributed by atoms with E-state index in [1.807, 2.05) is 48.5 Å². The third-order valence-electron chi connectivity index (χ3n) is 7.88. The van der Waals surface area contributed by atoms with E-state index in [1.165, 1.54) is 5.56 Å². The third kappa shape index (κ3) is 7.10. The molecule has 2 aliphatic rings. The lowest BCUT2D eigenvalue weighted by atomic mass is 9.95. The first-order chi connectivity index (χ1) is 20.4. The smallest absolute Gasteiger partial charge is 0.253 e. The number of nitrogens with zero attached hydrogens (tertiary/aromatic N) is 2. The van der Waals surface area contributed by atoms with E-state index in [1.54, 1.807) is 23.1 Å². The van der Waals surface area contributed by atoms with Crippen molar-refractivity contribution in [2.75, 3.05) is 44.2 Å². The van der Waals surface area contributed by atoms with E-state index in [2.05, 4.69) is 26.9 Å². The van der Waals surface area contributed by atoms with Crippen molar-refractivity contribution < 1.29 is 14.4 Å². The molecule has 0 aromatic heterocycles. The average Bonchev–Trinajstić information content (AvgIpc) is 3.03. The van der Waals surface area contributed by atoms with E-state index in [0.29, 0.717) is 69.2 Å². The van der Waals surface area contributed by atoms with Crippen molar-refractivity contribution in [2.24, 2.45) is 5.73 Å². The summed E-state index contributed by atoms with van der Waals surface area (Å²) < 4.78 is 0. The van der Waals surface area contributed by atoms with Crippen molar-refractivity contribution in [2.45, 2.75) is 31.5 Å². The van der Waals surface area contributed by atoms with Gasteiger partial charge in [-0.1, -0.05) is 60.1 Å². The van der Waals surface area contributed by atoms with Gasteiger partial charge in [-0.25, -0.2) is 0 Å². The normalized spacial score (nSPS) is 17.2. The number of piperazine rings is 1. The van der Waals surface area contributed by atoms with Gasteiger partial charge in [-0.3, -0.25) is 14.4 Å². The van der Waals surface area contributed by atoms with Crippen LogP contribution in [0.2, 0.25) is 5.02 Å². The number of carbonyl (C=O) groups excluding carboxylic acids is 3. The minimum absolute atomic E-state index is 0.122. The van der Waals surface area contributed by atoms with Crippen molar-refractivity contribution >= 4 is 35.0 Å².